The van der Waals surface area contributed by atoms with Gasteiger partial charge in [-0.25, -0.2) is 0 Å². The smallest absolute Gasteiger partial charge is 0.224 e. The zero-order chi connectivity index (χ0) is 15.5. The third-order valence-electron chi connectivity index (χ3n) is 4.12. The number of carbonyl (C=O) groups excluding carboxylic acids is 2. The number of hydrogen-bond donors (Lipinski definition) is 2. The highest BCUT2D eigenvalue weighted by Gasteiger charge is 2.41. The minimum absolute atomic E-state index is 0.0196. The summed E-state index contributed by atoms with van der Waals surface area (Å²) in [5, 5.41) is 3.01. The van der Waals surface area contributed by atoms with E-state index in [2.05, 4.69) is 12.2 Å². The number of rotatable bonds is 7. The van der Waals surface area contributed by atoms with Gasteiger partial charge in [0.2, 0.25) is 11.8 Å². The fraction of sp³-hybridized carbons (Fsp3) is 0.875. The summed E-state index contributed by atoms with van der Waals surface area (Å²) in [4.78, 5) is 24.3. The van der Waals surface area contributed by atoms with Gasteiger partial charge in [-0.2, -0.15) is 0 Å². The maximum absolute atomic E-state index is 12.5. The Kier molecular flexibility index (Phi) is 5.60. The highest BCUT2D eigenvalue weighted by atomic mass is 16.2. The molecule has 0 bridgehead atoms. The number of carbonyl (C=O) groups is 2. The van der Waals surface area contributed by atoms with Gasteiger partial charge in [-0.3, -0.25) is 9.59 Å². The number of primary amides is 1. The minimum atomic E-state index is -0.339. The van der Waals surface area contributed by atoms with E-state index in [4.69, 9.17) is 5.73 Å². The molecule has 1 saturated carbocycles. The third kappa shape index (κ3) is 5.14. The summed E-state index contributed by atoms with van der Waals surface area (Å²) in [5.41, 5.74) is 5.26. The summed E-state index contributed by atoms with van der Waals surface area (Å²) < 4.78 is 0. The van der Waals surface area contributed by atoms with Crippen LogP contribution < -0.4 is 11.1 Å². The molecule has 4 unspecified atom stereocenters. The van der Waals surface area contributed by atoms with Crippen molar-refractivity contribution in [1.82, 2.24) is 5.32 Å². The van der Waals surface area contributed by atoms with Gasteiger partial charge in [0.25, 0.3) is 0 Å². The lowest BCUT2D eigenvalue weighted by Gasteiger charge is -2.28. The van der Waals surface area contributed by atoms with E-state index in [0.29, 0.717) is 18.3 Å². The molecular weight excluding hydrogens is 252 g/mol. The van der Waals surface area contributed by atoms with Crippen LogP contribution in [0.4, 0.5) is 0 Å². The first-order valence-electron chi connectivity index (χ1n) is 7.77. The molecule has 0 aliphatic heterocycles. The Hall–Kier alpha value is -1.06. The summed E-state index contributed by atoms with van der Waals surface area (Å²) in [5.74, 6) is 0.277. The highest BCUT2D eigenvalue weighted by molar-refractivity contribution is 5.87. The van der Waals surface area contributed by atoms with Crippen LogP contribution in [0.3, 0.4) is 0 Å². The average Bonchev–Trinajstić information content (AvgIpc) is 2.96. The van der Waals surface area contributed by atoms with Crippen LogP contribution in [0.2, 0.25) is 0 Å². The molecule has 0 spiro atoms. The minimum Gasteiger partial charge on any atom is -0.369 e. The van der Waals surface area contributed by atoms with Gasteiger partial charge in [0.15, 0.2) is 0 Å². The van der Waals surface area contributed by atoms with E-state index in [1.54, 1.807) is 0 Å². The second-order valence-corrected chi connectivity index (χ2v) is 7.35. The molecule has 1 rings (SSSR count). The lowest BCUT2D eigenvalue weighted by Crippen LogP contribution is -2.47. The second kappa shape index (κ2) is 6.59. The third-order valence-corrected chi connectivity index (χ3v) is 4.12. The molecule has 1 aliphatic carbocycles. The van der Waals surface area contributed by atoms with Crippen LogP contribution in [0.15, 0.2) is 0 Å². The fourth-order valence-corrected chi connectivity index (χ4v) is 2.82. The Balaban J connectivity index is 2.82. The summed E-state index contributed by atoms with van der Waals surface area (Å²) in [6, 6.07) is 0. The van der Waals surface area contributed by atoms with Crippen molar-refractivity contribution in [2.24, 2.45) is 29.4 Å². The van der Waals surface area contributed by atoms with E-state index in [1.807, 2.05) is 27.7 Å². The van der Waals surface area contributed by atoms with Gasteiger partial charge in [-0.1, -0.05) is 20.3 Å². The molecule has 4 heteroatoms. The molecular formula is C16H30N2O2. The Bertz CT molecular complexity index is 360. The van der Waals surface area contributed by atoms with E-state index in [9.17, 15) is 9.59 Å². The van der Waals surface area contributed by atoms with Crippen LogP contribution in [0, 0.1) is 23.7 Å². The largest absolute Gasteiger partial charge is 0.369 e. The molecule has 1 fully saturated rings. The van der Waals surface area contributed by atoms with Crippen LogP contribution in [0.1, 0.15) is 60.3 Å². The van der Waals surface area contributed by atoms with Gasteiger partial charge in [0, 0.05) is 17.4 Å². The lowest BCUT2D eigenvalue weighted by molar-refractivity contribution is -0.135. The van der Waals surface area contributed by atoms with Crippen molar-refractivity contribution in [2.75, 3.05) is 0 Å². The summed E-state index contributed by atoms with van der Waals surface area (Å²) >= 11 is 0. The van der Waals surface area contributed by atoms with E-state index in [-0.39, 0.29) is 29.2 Å². The molecule has 0 aromatic heterocycles. The fourth-order valence-electron chi connectivity index (χ4n) is 2.82. The molecule has 116 valence electrons. The molecule has 2 amide bonds. The Labute approximate surface area is 122 Å². The maximum Gasteiger partial charge on any atom is 0.224 e. The molecule has 0 radical (unpaired) electrons. The van der Waals surface area contributed by atoms with Crippen molar-refractivity contribution in [2.45, 2.75) is 65.8 Å². The van der Waals surface area contributed by atoms with Gasteiger partial charge < -0.3 is 11.1 Å². The predicted octanol–water partition coefficient (Wildman–Crippen LogP) is 2.47. The number of nitrogens with two attached hydrogens (primary N) is 1. The van der Waals surface area contributed by atoms with Crippen LogP contribution in [0.5, 0.6) is 0 Å². The van der Waals surface area contributed by atoms with Crippen molar-refractivity contribution >= 4 is 11.8 Å². The van der Waals surface area contributed by atoms with E-state index < -0.39 is 0 Å². The monoisotopic (exact) mass is 282 g/mol. The molecule has 0 saturated heterocycles. The first-order valence-corrected chi connectivity index (χ1v) is 7.77. The maximum atomic E-state index is 12.5. The van der Waals surface area contributed by atoms with Crippen LogP contribution >= 0.6 is 0 Å². The van der Waals surface area contributed by atoms with Crippen LogP contribution in [-0.4, -0.2) is 17.4 Å². The first kappa shape index (κ1) is 17.0. The van der Waals surface area contributed by atoms with Gasteiger partial charge in [0.1, 0.15) is 0 Å². The van der Waals surface area contributed by atoms with Crippen molar-refractivity contribution in [3.05, 3.63) is 0 Å². The average molecular weight is 282 g/mol. The zero-order valence-electron chi connectivity index (χ0n) is 13.5. The quantitative estimate of drug-likeness (QED) is 0.753. The Morgan fingerprint density at radius 3 is 2.20 bits per heavy atom. The van der Waals surface area contributed by atoms with Crippen LogP contribution in [0.25, 0.3) is 0 Å². The molecule has 1 aliphatic rings. The van der Waals surface area contributed by atoms with Gasteiger partial charge >= 0.3 is 0 Å². The zero-order valence-corrected chi connectivity index (χ0v) is 13.5. The Morgan fingerprint density at radius 1 is 1.30 bits per heavy atom. The standard InChI is InChI=1S/C16H30N2O2/c1-6-7-12(14(17)19)13(9-11-8-10(11)2)15(20)18-16(3,4)5/h10-13H,6-9H2,1-5H3,(H2,17,19)(H,18,20). The van der Waals surface area contributed by atoms with Gasteiger partial charge in [0.05, 0.1) is 0 Å². The first-order chi connectivity index (χ1) is 9.15. The summed E-state index contributed by atoms with van der Waals surface area (Å²) in [6.07, 6.45) is 3.51. The van der Waals surface area contributed by atoms with E-state index in [1.165, 1.54) is 0 Å². The van der Waals surface area contributed by atoms with E-state index >= 15 is 0 Å². The van der Waals surface area contributed by atoms with Crippen molar-refractivity contribution in [3.8, 4) is 0 Å². The van der Waals surface area contributed by atoms with Crippen LogP contribution in [-0.2, 0) is 9.59 Å². The highest BCUT2D eigenvalue weighted by Crippen LogP contribution is 2.44. The molecule has 0 aromatic rings. The SMILES string of the molecule is CCCC(C(N)=O)C(CC1CC1C)C(=O)NC(C)(C)C. The van der Waals surface area contributed by atoms with Crippen molar-refractivity contribution < 1.29 is 9.59 Å². The van der Waals surface area contributed by atoms with E-state index in [0.717, 1.165) is 19.3 Å². The number of amides is 2. The molecule has 0 heterocycles. The van der Waals surface area contributed by atoms with Crippen molar-refractivity contribution in [1.29, 1.82) is 0 Å². The molecule has 4 atom stereocenters. The normalized spacial score (nSPS) is 24.9. The predicted molar refractivity (Wildman–Crippen MR) is 80.9 cm³/mol. The van der Waals surface area contributed by atoms with Crippen molar-refractivity contribution in [3.63, 3.8) is 0 Å². The van der Waals surface area contributed by atoms with Gasteiger partial charge in [-0.05, 0) is 51.9 Å². The molecule has 4 nitrogen and oxygen atoms in total. The number of nitrogens with one attached hydrogen (secondary N) is 1. The van der Waals surface area contributed by atoms with Gasteiger partial charge in [-0.15, -0.1) is 0 Å². The number of hydrogen-bond acceptors (Lipinski definition) is 2. The summed E-state index contributed by atoms with van der Waals surface area (Å²) in [7, 11) is 0. The lowest BCUT2D eigenvalue weighted by atomic mass is 9.82. The summed E-state index contributed by atoms with van der Waals surface area (Å²) in [6.45, 7) is 10.1. The topological polar surface area (TPSA) is 72.2 Å². The molecule has 3 N–H and O–H groups in total. The molecule has 20 heavy (non-hydrogen) atoms. The Morgan fingerprint density at radius 2 is 1.85 bits per heavy atom. The molecule has 0 aromatic carbocycles. The second-order valence-electron chi connectivity index (χ2n) is 7.35.